The Morgan fingerprint density at radius 2 is 1.42 bits per heavy atom. The van der Waals surface area contributed by atoms with Gasteiger partial charge in [0.1, 0.15) is 0 Å². The predicted octanol–water partition coefficient (Wildman–Crippen LogP) is 5.57. The van der Waals surface area contributed by atoms with Gasteiger partial charge in [-0.15, -0.1) is 0 Å². The number of amides is 1. The second-order valence-corrected chi connectivity index (χ2v) is 6.56. The summed E-state index contributed by atoms with van der Waals surface area (Å²) in [5.41, 5.74) is 4.48. The van der Waals surface area contributed by atoms with Gasteiger partial charge in [-0.2, -0.15) is 0 Å². The van der Waals surface area contributed by atoms with Gasteiger partial charge in [-0.3, -0.25) is 4.79 Å². The van der Waals surface area contributed by atoms with Gasteiger partial charge in [0.05, 0.1) is 0 Å². The minimum absolute atomic E-state index is 0.0590. The molecule has 0 aliphatic carbocycles. The van der Waals surface area contributed by atoms with E-state index in [2.05, 4.69) is 43.3 Å². The summed E-state index contributed by atoms with van der Waals surface area (Å²) in [4.78, 5) is 15.0. The second kappa shape index (κ2) is 8.48. The summed E-state index contributed by atoms with van der Waals surface area (Å²) in [6, 6.07) is 28.7. The van der Waals surface area contributed by atoms with Crippen LogP contribution >= 0.6 is 0 Å². The number of nitrogens with zero attached hydrogens (tertiary/aromatic N) is 1. The van der Waals surface area contributed by atoms with Crippen LogP contribution in [0.4, 0.5) is 5.69 Å². The second-order valence-electron chi connectivity index (χ2n) is 6.56. The topological polar surface area (TPSA) is 20.3 Å². The number of carbonyl (C=O) groups excluding carboxylic acids is 1. The van der Waals surface area contributed by atoms with Crippen molar-refractivity contribution in [2.24, 2.45) is 0 Å². The molecule has 0 fully saturated rings. The van der Waals surface area contributed by atoms with Crippen molar-refractivity contribution >= 4 is 11.6 Å². The number of anilines is 1. The van der Waals surface area contributed by atoms with Gasteiger partial charge in [0, 0.05) is 24.6 Å². The van der Waals surface area contributed by atoms with Crippen molar-refractivity contribution in [3.63, 3.8) is 0 Å². The Hall–Kier alpha value is -2.87. The summed E-state index contributed by atoms with van der Waals surface area (Å²) in [5, 5.41) is 0. The van der Waals surface area contributed by atoms with Crippen molar-refractivity contribution in [1.29, 1.82) is 0 Å². The first-order chi connectivity index (χ1) is 12.7. The zero-order valence-corrected chi connectivity index (χ0v) is 15.4. The molecule has 2 nitrogen and oxygen atoms in total. The van der Waals surface area contributed by atoms with Crippen LogP contribution in [0.15, 0.2) is 84.9 Å². The van der Waals surface area contributed by atoms with Crippen LogP contribution in [-0.2, 0) is 4.79 Å². The zero-order valence-electron chi connectivity index (χ0n) is 15.4. The summed E-state index contributed by atoms with van der Waals surface area (Å²) in [5.74, 6) is 0.208. The SMILES string of the molecule is CCN(C(=O)CC(c1ccccc1)c1ccccc1)c1cccc(C)c1. The Morgan fingerprint density at radius 3 is 1.92 bits per heavy atom. The highest BCUT2D eigenvalue weighted by molar-refractivity contribution is 5.94. The number of hydrogen-bond donors (Lipinski definition) is 0. The quantitative estimate of drug-likeness (QED) is 0.573. The minimum atomic E-state index is 0.0590. The van der Waals surface area contributed by atoms with Crippen molar-refractivity contribution in [2.45, 2.75) is 26.2 Å². The first-order valence-corrected chi connectivity index (χ1v) is 9.16. The van der Waals surface area contributed by atoms with E-state index in [1.807, 2.05) is 60.4 Å². The highest BCUT2D eigenvalue weighted by Gasteiger charge is 2.22. The Bertz CT molecular complexity index is 803. The molecule has 0 aliphatic rings. The molecule has 0 aliphatic heterocycles. The molecule has 3 aromatic rings. The van der Waals surface area contributed by atoms with Gasteiger partial charge in [-0.05, 0) is 42.7 Å². The number of carbonyl (C=O) groups is 1. The van der Waals surface area contributed by atoms with E-state index in [0.717, 1.165) is 11.3 Å². The van der Waals surface area contributed by atoms with E-state index >= 15 is 0 Å². The number of hydrogen-bond acceptors (Lipinski definition) is 1. The van der Waals surface area contributed by atoms with Crippen LogP contribution in [0.1, 0.15) is 36.0 Å². The first-order valence-electron chi connectivity index (χ1n) is 9.16. The van der Waals surface area contributed by atoms with Crippen molar-refractivity contribution in [2.75, 3.05) is 11.4 Å². The van der Waals surface area contributed by atoms with Crippen molar-refractivity contribution in [3.05, 3.63) is 102 Å². The molecule has 3 rings (SSSR count). The van der Waals surface area contributed by atoms with Crippen LogP contribution in [0.3, 0.4) is 0 Å². The van der Waals surface area contributed by atoms with Gasteiger partial charge in [0.2, 0.25) is 5.91 Å². The van der Waals surface area contributed by atoms with Gasteiger partial charge in [0.25, 0.3) is 0 Å². The molecule has 132 valence electrons. The molecule has 0 bridgehead atoms. The molecule has 0 saturated carbocycles. The Kier molecular flexibility index (Phi) is 5.85. The molecule has 0 atom stereocenters. The van der Waals surface area contributed by atoms with Crippen LogP contribution in [0, 0.1) is 6.92 Å². The smallest absolute Gasteiger partial charge is 0.227 e. The Labute approximate surface area is 156 Å². The zero-order chi connectivity index (χ0) is 18.4. The molecule has 0 aromatic heterocycles. The molecule has 0 spiro atoms. The van der Waals surface area contributed by atoms with Gasteiger partial charge in [-0.1, -0.05) is 72.8 Å². The summed E-state index contributed by atoms with van der Waals surface area (Å²) in [6.45, 7) is 4.75. The van der Waals surface area contributed by atoms with Gasteiger partial charge < -0.3 is 4.90 Å². The third kappa shape index (κ3) is 4.20. The molecule has 1 amide bonds. The molecule has 3 aromatic carbocycles. The van der Waals surface area contributed by atoms with Crippen molar-refractivity contribution in [1.82, 2.24) is 0 Å². The maximum absolute atomic E-state index is 13.2. The van der Waals surface area contributed by atoms with Gasteiger partial charge >= 0.3 is 0 Å². The average Bonchev–Trinajstić information content (AvgIpc) is 2.68. The van der Waals surface area contributed by atoms with E-state index in [1.54, 1.807) is 0 Å². The van der Waals surface area contributed by atoms with E-state index in [4.69, 9.17) is 0 Å². The van der Waals surface area contributed by atoms with E-state index in [0.29, 0.717) is 13.0 Å². The summed E-state index contributed by atoms with van der Waals surface area (Å²) in [7, 11) is 0. The number of rotatable bonds is 6. The fourth-order valence-electron chi connectivity index (χ4n) is 3.38. The van der Waals surface area contributed by atoms with Crippen molar-refractivity contribution < 1.29 is 4.79 Å². The number of benzene rings is 3. The largest absolute Gasteiger partial charge is 0.313 e. The van der Waals surface area contributed by atoms with Crippen LogP contribution in [0.2, 0.25) is 0 Å². The predicted molar refractivity (Wildman–Crippen MR) is 109 cm³/mol. The van der Waals surface area contributed by atoms with Crippen LogP contribution < -0.4 is 4.90 Å². The summed E-state index contributed by atoms with van der Waals surface area (Å²) in [6.07, 6.45) is 0.454. The summed E-state index contributed by atoms with van der Waals surface area (Å²) < 4.78 is 0. The first kappa shape index (κ1) is 17.9. The van der Waals surface area contributed by atoms with E-state index < -0.39 is 0 Å². The standard InChI is InChI=1S/C24H25NO/c1-3-25(22-16-10-11-19(2)17-22)24(26)18-23(20-12-6-4-7-13-20)21-14-8-5-9-15-21/h4-17,23H,3,18H2,1-2H3. The normalized spacial score (nSPS) is 10.7. The molecule has 0 heterocycles. The average molecular weight is 343 g/mol. The van der Waals surface area contributed by atoms with E-state index in [-0.39, 0.29) is 11.8 Å². The monoisotopic (exact) mass is 343 g/mol. The fraction of sp³-hybridized carbons (Fsp3) is 0.208. The molecule has 26 heavy (non-hydrogen) atoms. The maximum Gasteiger partial charge on any atom is 0.227 e. The Morgan fingerprint density at radius 1 is 0.846 bits per heavy atom. The molecule has 2 heteroatoms. The Balaban J connectivity index is 1.89. The lowest BCUT2D eigenvalue weighted by Crippen LogP contribution is -2.32. The molecular formula is C24H25NO. The highest BCUT2D eigenvalue weighted by Crippen LogP contribution is 2.29. The highest BCUT2D eigenvalue weighted by atomic mass is 16.2. The van der Waals surface area contributed by atoms with E-state index in [1.165, 1.54) is 11.1 Å². The third-order valence-electron chi connectivity index (χ3n) is 4.71. The number of aryl methyl sites for hydroxylation is 1. The van der Waals surface area contributed by atoms with Crippen LogP contribution in [0.5, 0.6) is 0 Å². The maximum atomic E-state index is 13.2. The lowest BCUT2D eigenvalue weighted by Gasteiger charge is -2.25. The van der Waals surface area contributed by atoms with Gasteiger partial charge in [0.15, 0.2) is 0 Å². The van der Waals surface area contributed by atoms with Crippen molar-refractivity contribution in [3.8, 4) is 0 Å². The van der Waals surface area contributed by atoms with Crippen LogP contribution in [0.25, 0.3) is 0 Å². The van der Waals surface area contributed by atoms with Crippen LogP contribution in [-0.4, -0.2) is 12.5 Å². The lowest BCUT2D eigenvalue weighted by atomic mass is 9.88. The summed E-state index contributed by atoms with van der Waals surface area (Å²) >= 11 is 0. The van der Waals surface area contributed by atoms with Gasteiger partial charge in [-0.25, -0.2) is 0 Å². The molecule has 0 unspecified atom stereocenters. The van der Waals surface area contributed by atoms with E-state index in [9.17, 15) is 4.79 Å². The molecular weight excluding hydrogens is 318 g/mol. The molecule has 0 radical (unpaired) electrons. The fourth-order valence-corrected chi connectivity index (χ4v) is 3.38. The molecule has 0 N–H and O–H groups in total. The third-order valence-corrected chi connectivity index (χ3v) is 4.71. The molecule has 0 saturated heterocycles. The lowest BCUT2D eigenvalue weighted by molar-refractivity contribution is -0.118. The minimum Gasteiger partial charge on any atom is -0.313 e.